The summed E-state index contributed by atoms with van der Waals surface area (Å²) in [6.07, 6.45) is 2.87. The number of halogens is 1. The summed E-state index contributed by atoms with van der Waals surface area (Å²) in [5.74, 6) is 0.900. The van der Waals surface area contributed by atoms with Crippen LogP contribution in [-0.2, 0) is 6.42 Å². The van der Waals surface area contributed by atoms with Crippen molar-refractivity contribution >= 4 is 27.4 Å². The molecular formula is C14H15BrN2. The van der Waals surface area contributed by atoms with E-state index in [1.807, 2.05) is 6.92 Å². The second-order valence-electron chi connectivity index (χ2n) is 3.99. The Kier molecular flexibility index (Phi) is 3.79. The van der Waals surface area contributed by atoms with Gasteiger partial charge >= 0.3 is 0 Å². The smallest absolute Gasteiger partial charge is 0.133 e. The van der Waals surface area contributed by atoms with E-state index in [1.165, 1.54) is 5.56 Å². The summed E-state index contributed by atoms with van der Waals surface area (Å²) < 4.78 is 1.00. The molecule has 2 aromatic rings. The third-order valence-corrected chi connectivity index (χ3v) is 3.10. The van der Waals surface area contributed by atoms with Crippen molar-refractivity contribution in [1.82, 2.24) is 4.98 Å². The van der Waals surface area contributed by atoms with Gasteiger partial charge in [0.15, 0.2) is 0 Å². The minimum Gasteiger partial charge on any atom is -0.340 e. The zero-order valence-electron chi connectivity index (χ0n) is 10.00. The number of nitrogens with one attached hydrogen (secondary N) is 1. The molecule has 0 saturated carbocycles. The van der Waals surface area contributed by atoms with Gasteiger partial charge in [-0.05, 0) is 58.6 Å². The Morgan fingerprint density at radius 2 is 1.94 bits per heavy atom. The van der Waals surface area contributed by atoms with E-state index in [1.54, 1.807) is 6.20 Å². The van der Waals surface area contributed by atoms with Crippen LogP contribution in [0.15, 0.2) is 41.0 Å². The van der Waals surface area contributed by atoms with Crippen LogP contribution >= 0.6 is 15.9 Å². The summed E-state index contributed by atoms with van der Waals surface area (Å²) in [7, 11) is 0. The zero-order valence-corrected chi connectivity index (χ0v) is 11.6. The summed E-state index contributed by atoms with van der Waals surface area (Å²) in [5.41, 5.74) is 3.54. The normalized spacial score (nSPS) is 10.3. The van der Waals surface area contributed by atoms with Crippen LogP contribution in [0.3, 0.4) is 0 Å². The maximum Gasteiger partial charge on any atom is 0.133 e. The van der Waals surface area contributed by atoms with E-state index < -0.39 is 0 Å². The van der Waals surface area contributed by atoms with Crippen LogP contribution in [-0.4, -0.2) is 4.98 Å². The quantitative estimate of drug-likeness (QED) is 0.903. The number of pyridine rings is 1. The van der Waals surface area contributed by atoms with Crippen LogP contribution in [0.4, 0.5) is 11.5 Å². The molecule has 17 heavy (non-hydrogen) atoms. The Balaban J connectivity index is 2.19. The average molecular weight is 291 g/mol. The van der Waals surface area contributed by atoms with Gasteiger partial charge in [0.1, 0.15) is 5.82 Å². The highest BCUT2D eigenvalue weighted by atomic mass is 79.9. The molecule has 1 N–H and O–H groups in total. The summed E-state index contributed by atoms with van der Waals surface area (Å²) in [6, 6.07) is 10.5. The van der Waals surface area contributed by atoms with Crippen LogP contribution in [0.25, 0.3) is 0 Å². The molecule has 1 heterocycles. The van der Waals surface area contributed by atoms with E-state index in [0.29, 0.717) is 0 Å². The Bertz CT molecular complexity index is 506. The summed E-state index contributed by atoms with van der Waals surface area (Å²) in [4.78, 5) is 4.36. The third-order valence-electron chi connectivity index (χ3n) is 2.67. The van der Waals surface area contributed by atoms with Crippen LogP contribution in [0, 0.1) is 6.92 Å². The Hall–Kier alpha value is -1.35. The molecule has 1 aromatic carbocycles. The van der Waals surface area contributed by atoms with E-state index >= 15 is 0 Å². The van der Waals surface area contributed by atoms with Crippen molar-refractivity contribution in [1.29, 1.82) is 0 Å². The molecule has 0 bridgehead atoms. The van der Waals surface area contributed by atoms with Gasteiger partial charge in [0.25, 0.3) is 0 Å². The van der Waals surface area contributed by atoms with E-state index in [4.69, 9.17) is 0 Å². The highest BCUT2D eigenvalue weighted by molar-refractivity contribution is 9.10. The second-order valence-corrected chi connectivity index (χ2v) is 4.91. The maximum absolute atomic E-state index is 4.36. The number of benzene rings is 1. The van der Waals surface area contributed by atoms with Crippen molar-refractivity contribution in [2.75, 3.05) is 5.32 Å². The van der Waals surface area contributed by atoms with Crippen LogP contribution < -0.4 is 5.32 Å². The number of hydrogen-bond acceptors (Lipinski definition) is 2. The zero-order chi connectivity index (χ0) is 12.3. The molecule has 2 rings (SSSR count). The lowest BCUT2D eigenvalue weighted by molar-refractivity contribution is 1.14. The molecule has 0 aliphatic heterocycles. The van der Waals surface area contributed by atoms with Gasteiger partial charge in [-0.15, -0.1) is 0 Å². The molecule has 0 radical (unpaired) electrons. The summed E-state index contributed by atoms with van der Waals surface area (Å²) in [5, 5.41) is 3.32. The van der Waals surface area contributed by atoms with Crippen LogP contribution in [0.5, 0.6) is 0 Å². The lowest BCUT2D eigenvalue weighted by Crippen LogP contribution is -1.96. The maximum atomic E-state index is 4.36. The van der Waals surface area contributed by atoms with Gasteiger partial charge in [-0.1, -0.05) is 19.1 Å². The number of nitrogens with zero attached hydrogens (tertiary/aromatic N) is 1. The molecule has 0 amide bonds. The van der Waals surface area contributed by atoms with Gasteiger partial charge < -0.3 is 5.32 Å². The fourth-order valence-electron chi connectivity index (χ4n) is 1.63. The Labute approximate surface area is 110 Å². The van der Waals surface area contributed by atoms with E-state index in [2.05, 4.69) is 63.5 Å². The highest BCUT2D eigenvalue weighted by Crippen LogP contribution is 2.21. The molecule has 0 saturated heterocycles. The van der Waals surface area contributed by atoms with Crippen LogP contribution in [0.2, 0.25) is 0 Å². The van der Waals surface area contributed by atoms with Crippen molar-refractivity contribution in [2.45, 2.75) is 20.3 Å². The molecule has 0 fully saturated rings. The van der Waals surface area contributed by atoms with Gasteiger partial charge in [0, 0.05) is 16.4 Å². The molecule has 3 heteroatoms. The molecule has 0 aliphatic carbocycles. The second kappa shape index (κ2) is 5.32. The largest absolute Gasteiger partial charge is 0.340 e. The van der Waals surface area contributed by atoms with Crippen LogP contribution in [0.1, 0.15) is 18.1 Å². The van der Waals surface area contributed by atoms with Gasteiger partial charge in [-0.2, -0.15) is 0 Å². The molecule has 0 spiro atoms. The standard InChI is InChI=1S/C14H15BrN2/c1-3-11-4-6-13(7-5-11)17-14-10(2)8-12(15)9-16-14/h4-9H,3H2,1-2H3,(H,16,17). The Morgan fingerprint density at radius 1 is 1.24 bits per heavy atom. The molecule has 0 atom stereocenters. The Morgan fingerprint density at radius 3 is 2.53 bits per heavy atom. The lowest BCUT2D eigenvalue weighted by atomic mass is 10.1. The van der Waals surface area contributed by atoms with Gasteiger partial charge in [-0.3, -0.25) is 0 Å². The minimum absolute atomic E-state index is 0.900. The summed E-state index contributed by atoms with van der Waals surface area (Å²) in [6.45, 7) is 4.20. The molecule has 0 unspecified atom stereocenters. The first-order chi connectivity index (χ1) is 8.19. The molecule has 1 aromatic heterocycles. The molecule has 88 valence electrons. The monoisotopic (exact) mass is 290 g/mol. The van der Waals surface area contributed by atoms with Crippen molar-refractivity contribution in [2.24, 2.45) is 0 Å². The summed E-state index contributed by atoms with van der Waals surface area (Å²) >= 11 is 3.41. The molecular weight excluding hydrogens is 276 g/mol. The predicted octanol–water partition coefficient (Wildman–Crippen LogP) is 4.46. The van der Waals surface area contributed by atoms with Gasteiger partial charge in [0.05, 0.1) is 0 Å². The first-order valence-corrected chi connectivity index (χ1v) is 6.46. The van der Waals surface area contributed by atoms with Crippen molar-refractivity contribution in [3.05, 3.63) is 52.1 Å². The third kappa shape index (κ3) is 3.07. The average Bonchev–Trinajstić information content (AvgIpc) is 2.34. The topological polar surface area (TPSA) is 24.9 Å². The first-order valence-electron chi connectivity index (χ1n) is 5.67. The van der Waals surface area contributed by atoms with Gasteiger partial charge in [-0.25, -0.2) is 4.98 Å². The molecule has 0 aliphatic rings. The highest BCUT2D eigenvalue weighted by Gasteiger charge is 2.01. The number of aryl methyl sites for hydroxylation is 2. The van der Waals surface area contributed by atoms with Crippen molar-refractivity contribution in [3.8, 4) is 0 Å². The number of hydrogen-bond donors (Lipinski definition) is 1. The van der Waals surface area contributed by atoms with Crippen molar-refractivity contribution < 1.29 is 0 Å². The minimum atomic E-state index is 0.900. The van der Waals surface area contributed by atoms with Gasteiger partial charge in [0.2, 0.25) is 0 Å². The predicted molar refractivity (Wildman–Crippen MR) is 75.8 cm³/mol. The fraction of sp³-hybridized carbons (Fsp3) is 0.214. The van der Waals surface area contributed by atoms with E-state index in [-0.39, 0.29) is 0 Å². The fourth-order valence-corrected chi connectivity index (χ4v) is 2.08. The number of rotatable bonds is 3. The lowest BCUT2D eigenvalue weighted by Gasteiger charge is -2.09. The first kappa shape index (κ1) is 12.1. The number of anilines is 2. The SMILES string of the molecule is CCc1ccc(Nc2ncc(Br)cc2C)cc1. The van der Waals surface area contributed by atoms with E-state index in [9.17, 15) is 0 Å². The molecule has 2 nitrogen and oxygen atoms in total. The van der Waals surface area contributed by atoms with E-state index in [0.717, 1.165) is 28.0 Å². The van der Waals surface area contributed by atoms with Crippen molar-refractivity contribution in [3.63, 3.8) is 0 Å². The number of aromatic nitrogens is 1.